The van der Waals surface area contributed by atoms with Gasteiger partial charge in [-0.25, -0.2) is 0 Å². The molecule has 5 aromatic carbocycles. The summed E-state index contributed by atoms with van der Waals surface area (Å²) in [6.45, 7) is 7.95. The molecule has 2 aliphatic rings. The van der Waals surface area contributed by atoms with Crippen LogP contribution in [0.4, 0.5) is 0 Å². The van der Waals surface area contributed by atoms with Crippen molar-refractivity contribution in [1.29, 1.82) is 0 Å². The molecule has 3 heterocycles. The molecule has 0 radical (unpaired) electrons. The minimum atomic E-state index is -2.79. The molecule has 2 fully saturated rings. The van der Waals surface area contributed by atoms with E-state index >= 15 is 0 Å². The fourth-order valence-electron chi connectivity index (χ4n) is 11.9. The Morgan fingerprint density at radius 1 is 0.688 bits per heavy atom. The third-order valence-electron chi connectivity index (χ3n) is 14.5. The van der Waals surface area contributed by atoms with Crippen molar-refractivity contribution in [2.24, 2.45) is 28.1 Å². The minimum Gasteiger partial charge on any atom is -0.457 e. The maximum absolute atomic E-state index is 10.2. The molecule has 0 amide bonds. The summed E-state index contributed by atoms with van der Waals surface area (Å²) in [4.78, 5) is 9.56. The fourth-order valence-corrected chi connectivity index (χ4v) is 11.9. The molecule has 3 unspecified atom stereocenters. The lowest BCUT2D eigenvalue weighted by Gasteiger charge is -2.54. The zero-order valence-corrected chi connectivity index (χ0v) is 38.1. The summed E-state index contributed by atoms with van der Waals surface area (Å²) in [5, 5.41) is 3.59. The number of hydrogen-bond donors (Lipinski definition) is 0. The third kappa shape index (κ3) is 7.82. The Kier molecular flexibility index (Phi) is 7.88. The molecule has 0 spiro atoms. The van der Waals surface area contributed by atoms with Crippen LogP contribution in [0.15, 0.2) is 120 Å². The molecule has 0 aliphatic heterocycles. The average molecular weight is 855 g/mol. The van der Waals surface area contributed by atoms with Gasteiger partial charge in [-0.3, -0.25) is 9.97 Å². The molecule has 0 N–H and O–H groups in total. The number of pyridine rings is 2. The minimum absolute atomic E-state index is 0.0180. The smallest absolute Gasteiger partial charge is 0.145 e. The van der Waals surface area contributed by atoms with Crippen LogP contribution in [0, 0.1) is 55.5 Å². The molecule has 3 atom stereocenters. The summed E-state index contributed by atoms with van der Waals surface area (Å²) in [6, 6.07) is 31.5. The topological polar surface area (TPSA) is 48.2 Å². The number of fused-ring (bicyclic) bond motifs is 4. The monoisotopic (exact) mass is 855 g/mol. The number of benzene rings is 5. The van der Waals surface area contributed by atoms with E-state index in [4.69, 9.17) is 26.5 Å². The number of rotatable bonds is 7. The van der Waals surface area contributed by atoms with Gasteiger partial charge in [0.05, 0.1) is 11.4 Å². The Morgan fingerprint density at radius 2 is 1.41 bits per heavy atom. The number of furan rings is 1. The number of aromatic nitrogens is 2. The highest BCUT2D eigenvalue weighted by Crippen LogP contribution is 2.59. The largest absolute Gasteiger partial charge is 0.457 e. The first-order valence-electron chi connectivity index (χ1n) is 27.8. The highest BCUT2D eigenvalue weighted by Gasteiger charge is 2.48. The predicted molar refractivity (Wildman–Crippen MR) is 267 cm³/mol. The van der Waals surface area contributed by atoms with Crippen LogP contribution in [-0.2, 0) is 0 Å². The van der Waals surface area contributed by atoms with Crippen molar-refractivity contribution in [3.8, 4) is 45.1 Å². The van der Waals surface area contributed by atoms with Crippen molar-refractivity contribution in [2.75, 3.05) is 0 Å². The maximum Gasteiger partial charge on any atom is 0.145 e. The molecular weight excluding hydrogens is 781 g/mol. The van der Waals surface area contributed by atoms with Crippen LogP contribution in [0.2, 0.25) is 0 Å². The van der Waals surface area contributed by atoms with E-state index in [0.29, 0.717) is 50.8 Å². The second-order valence-electron chi connectivity index (χ2n) is 20.9. The van der Waals surface area contributed by atoms with E-state index in [9.17, 15) is 1.37 Å². The fraction of sp³-hybridized carbons (Fsp3) is 0.367. The quantitative estimate of drug-likeness (QED) is 0.160. The van der Waals surface area contributed by atoms with Crippen LogP contribution in [-0.4, -0.2) is 9.97 Å². The predicted octanol–water partition coefficient (Wildman–Crippen LogP) is 17.3. The molecule has 2 saturated carbocycles. The molecule has 10 rings (SSSR count). The molecule has 0 bridgehead atoms. The van der Waals surface area contributed by atoms with E-state index in [0.717, 1.165) is 71.8 Å². The van der Waals surface area contributed by atoms with Gasteiger partial charge in [-0.15, -0.1) is 0 Å². The van der Waals surface area contributed by atoms with Gasteiger partial charge in [0.15, 0.2) is 0 Å². The van der Waals surface area contributed by atoms with Gasteiger partial charge >= 0.3 is 0 Å². The first kappa shape index (κ1) is 32.0. The van der Waals surface area contributed by atoms with E-state index in [1.807, 2.05) is 54.7 Å². The molecule has 0 saturated heterocycles. The normalized spacial score (nSPS) is 24.5. The zero-order chi connectivity index (χ0) is 53.1. The lowest BCUT2D eigenvalue weighted by Crippen LogP contribution is -2.44. The van der Waals surface area contributed by atoms with Gasteiger partial charge in [0.2, 0.25) is 0 Å². The van der Waals surface area contributed by atoms with E-state index < -0.39 is 26.4 Å². The van der Waals surface area contributed by atoms with E-state index in [1.165, 1.54) is 17.7 Å². The average Bonchev–Trinajstić information content (AvgIpc) is 3.65. The van der Waals surface area contributed by atoms with Crippen LogP contribution in [0.5, 0.6) is 11.5 Å². The Hall–Kier alpha value is -5.74. The number of aryl methyl sites for hydroxylation is 3. The van der Waals surface area contributed by atoms with Crippen LogP contribution in [0.1, 0.15) is 128 Å². The summed E-state index contributed by atoms with van der Waals surface area (Å²) >= 11 is 0. The SMILES string of the molecule is [2H]C([2H])([2H])c1cnc(-c2cc(Oc3cc(-c4cc(C5CCC(C)(C6([2H])CC(C)(C)CC(C)(C)C6)CC5C)c(C)cn4)c4oc5cc6ccccc6cc5c4c3)c(C([2H])([2H])[2H])c(-c3ccccc3)c2)cc1C([2H])([2H])[2H]. The van der Waals surface area contributed by atoms with Crippen LogP contribution in [0.3, 0.4) is 0 Å². The summed E-state index contributed by atoms with van der Waals surface area (Å²) in [5.41, 5.74) is 5.42. The van der Waals surface area contributed by atoms with Crippen LogP contribution >= 0.6 is 0 Å². The Bertz CT molecular complexity index is 3460. The summed E-state index contributed by atoms with van der Waals surface area (Å²) in [7, 11) is 0. The summed E-state index contributed by atoms with van der Waals surface area (Å²) < 4.78 is 100. The Morgan fingerprint density at radius 3 is 2.14 bits per heavy atom. The van der Waals surface area contributed by atoms with Crippen molar-refractivity contribution >= 4 is 32.7 Å². The molecule has 64 heavy (non-hydrogen) atoms. The molecule has 4 nitrogen and oxygen atoms in total. The summed E-state index contributed by atoms with van der Waals surface area (Å²) in [5.74, 6) is 0.282. The van der Waals surface area contributed by atoms with Gasteiger partial charge in [0.25, 0.3) is 0 Å². The lowest BCUT2D eigenvalue weighted by molar-refractivity contribution is -0.0280. The van der Waals surface area contributed by atoms with E-state index in [2.05, 4.69) is 65.6 Å². The van der Waals surface area contributed by atoms with Crippen LogP contribution < -0.4 is 4.74 Å². The second-order valence-corrected chi connectivity index (χ2v) is 20.9. The number of hydrogen-bond acceptors (Lipinski definition) is 4. The molecule has 8 aromatic rings. The van der Waals surface area contributed by atoms with Crippen molar-refractivity contribution in [3.05, 3.63) is 143 Å². The highest BCUT2D eigenvalue weighted by molar-refractivity contribution is 6.13. The first-order valence-corrected chi connectivity index (χ1v) is 22.8. The van der Waals surface area contributed by atoms with Crippen molar-refractivity contribution in [2.45, 2.75) is 113 Å². The van der Waals surface area contributed by atoms with Crippen molar-refractivity contribution < 1.29 is 22.9 Å². The summed E-state index contributed by atoms with van der Waals surface area (Å²) in [6.07, 6.45) is 8.74. The van der Waals surface area contributed by atoms with Gasteiger partial charge in [-0.05, 0) is 198 Å². The molecule has 2 aliphatic carbocycles. The van der Waals surface area contributed by atoms with E-state index in [-0.39, 0.29) is 50.3 Å². The third-order valence-corrected chi connectivity index (χ3v) is 14.5. The standard InChI is InChI=1S/C60H64N2O2/c1-36-22-53(61-33-38(36)3)44-24-49(41-16-12-11-13-17-41)40(5)55(26-44)63-46-27-51-50-23-42-18-14-15-19-43(42)25-56(50)64-57(51)52(28-46)54-29-48(39(4)34-62-54)47-20-21-60(10,30-37(47)2)45-31-58(6,7)35-59(8,9)32-45/h11-19,22-29,33-34,37,45,47H,20-21,30-32,35H2,1-10H3/i1D3,3D3,5D3,45D. The highest BCUT2D eigenvalue weighted by atomic mass is 16.5. The lowest BCUT2D eigenvalue weighted by atomic mass is 9.51. The first-order chi connectivity index (χ1) is 34.5. The van der Waals surface area contributed by atoms with Crippen molar-refractivity contribution in [1.82, 2.24) is 9.97 Å². The molecule has 3 aromatic heterocycles. The van der Waals surface area contributed by atoms with Gasteiger partial charge in [0.1, 0.15) is 22.7 Å². The Balaban J connectivity index is 1.13. The number of ether oxygens (including phenoxy) is 1. The van der Waals surface area contributed by atoms with Crippen LogP contribution in [0.25, 0.3) is 66.4 Å². The van der Waals surface area contributed by atoms with Gasteiger partial charge in [-0.2, -0.15) is 0 Å². The second kappa shape index (κ2) is 15.8. The van der Waals surface area contributed by atoms with Gasteiger partial charge in [0, 0.05) is 48.0 Å². The van der Waals surface area contributed by atoms with Gasteiger partial charge < -0.3 is 9.15 Å². The molecular formula is C60H64N2O2. The van der Waals surface area contributed by atoms with Crippen molar-refractivity contribution in [3.63, 3.8) is 0 Å². The number of nitrogens with zero attached hydrogens (tertiary/aromatic N) is 2. The van der Waals surface area contributed by atoms with E-state index in [1.54, 1.807) is 30.3 Å². The molecule has 4 heteroatoms. The maximum atomic E-state index is 10.2. The molecule has 326 valence electrons. The Labute approximate surface area is 394 Å². The van der Waals surface area contributed by atoms with Gasteiger partial charge in [-0.1, -0.05) is 96.1 Å². The zero-order valence-electron chi connectivity index (χ0n) is 48.1.